The van der Waals surface area contributed by atoms with Crippen LogP contribution in [0.15, 0.2) is 48.5 Å². The summed E-state index contributed by atoms with van der Waals surface area (Å²) in [5.74, 6) is -8.01. The molecule has 18 nitrogen and oxygen atoms in total. The molecule has 2 aromatic carbocycles. The number of aliphatic hydroxyl groups excluding tert-OH is 1. The molecule has 0 saturated heterocycles. The molecule has 49 heavy (non-hydrogen) atoms. The van der Waals surface area contributed by atoms with Crippen LogP contribution >= 0.6 is 0 Å². The molecule has 0 spiro atoms. The van der Waals surface area contributed by atoms with Crippen LogP contribution in [0.25, 0.3) is 0 Å². The Morgan fingerprint density at radius 3 is 1.57 bits per heavy atom. The molecule has 0 radical (unpaired) electrons. The van der Waals surface area contributed by atoms with Crippen LogP contribution in [-0.2, 0) is 46.4 Å². The lowest BCUT2D eigenvalue weighted by molar-refractivity contribution is -0.143. The maximum absolute atomic E-state index is 13.4. The minimum Gasteiger partial charge on any atom is -0.508 e. The van der Waals surface area contributed by atoms with Crippen molar-refractivity contribution in [2.24, 2.45) is 11.5 Å². The van der Waals surface area contributed by atoms with Gasteiger partial charge in [-0.3, -0.25) is 28.8 Å². The first-order valence-electron chi connectivity index (χ1n) is 14.9. The molecular formula is C31H40N6O12. The zero-order chi connectivity index (χ0) is 36.8. The van der Waals surface area contributed by atoms with Crippen LogP contribution < -0.4 is 32.7 Å². The Hall–Kier alpha value is -5.75. The van der Waals surface area contributed by atoms with Gasteiger partial charge in [-0.25, -0.2) is 4.79 Å². The predicted octanol–water partition coefficient (Wildman–Crippen LogP) is -2.64. The molecule has 2 rings (SSSR count). The number of phenolic OH excluding ortho intramolecular Hbond substituents is 2. The Kier molecular flexibility index (Phi) is 14.9. The topological polar surface area (TPSA) is 321 Å². The first-order chi connectivity index (χ1) is 23.0. The van der Waals surface area contributed by atoms with E-state index in [2.05, 4.69) is 21.3 Å². The van der Waals surface area contributed by atoms with E-state index < -0.39 is 97.1 Å². The second-order valence-corrected chi connectivity index (χ2v) is 11.2. The Morgan fingerprint density at radius 1 is 0.673 bits per heavy atom. The first-order valence-corrected chi connectivity index (χ1v) is 14.9. The molecule has 0 heterocycles. The summed E-state index contributed by atoms with van der Waals surface area (Å²) in [7, 11) is 0. The van der Waals surface area contributed by atoms with Gasteiger partial charge in [-0.2, -0.15) is 0 Å². The van der Waals surface area contributed by atoms with Gasteiger partial charge in [0.05, 0.1) is 18.6 Å². The number of hydrogen-bond acceptors (Lipinski definition) is 11. The molecule has 0 bridgehead atoms. The van der Waals surface area contributed by atoms with Gasteiger partial charge < -0.3 is 58.3 Å². The molecule has 2 aromatic rings. The van der Waals surface area contributed by atoms with E-state index in [0.29, 0.717) is 11.1 Å². The van der Waals surface area contributed by atoms with Gasteiger partial charge in [-0.15, -0.1) is 0 Å². The summed E-state index contributed by atoms with van der Waals surface area (Å²) in [6.45, 7) is 1.13. The molecule has 0 fully saturated rings. The number of carbonyl (C=O) groups excluding carboxylic acids is 5. The maximum atomic E-state index is 13.4. The van der Waals surface area contributed by atoms with E-state index in [1.54, 1.807) is 0 Å². The largest absolute Gasteiger partial charge is 0.508 e. The summed E-state index contributed by atoms with van der Waals surface area (Å²) < 4.78 is 0. The van der Waals surface area contributed by atoms with Crippen molar-refractivity contribution in [2.75, 3.05) is 0 Å². The molecule has 266 valence electrons. The van der Waals surface area contributed by atoms with Crippen LogP contribution in [0.3, 0.4) is 0 Å². The Labute approximate surface area is 279 Å². The summed E-state index contributed by atoms with van der Waals surface area (Å²) in [5.41, 5.74) is 11.7. The Bertz CT molecular complexity index is 1500. The minimum absolute atomic E-state index is 0.0726. The van der Waals surface area contributed by atoms with Gasteiger partial charge in [0, 0.05) is 19.3 Å². The number of phenols is 2. The van der Waals surface area contributed by atoms with E-state index in [1.807, 2.05) is 0 Å². The molecule has 0 unspecified atom stereocenters. The summed E-state index contributed by atoms with van der Waals surface area (Å²) in [4.78, 5) is 87.1. The summed E-state index contributed by atoms with van der Waals surface area (Å²) in [6, 6.07) is 3.19. The van der Waals surface area contributed by atoms with Gasteiger partial charge in [0.2, 0.25) is 29.5 Å². The zero-order valence-corrected chi connectivity index (χ0v) is 26.4. The quantitative estimate of drug-likeness (QED) is 0.0720. The lowest BCUT2D eigenvalue weighted by Crippen LogP contribution is -2.61. The van der Waals surface area contributed by atoms with Crippen molar-refractivity contribution in [3.8, 4) is 11.5 Å². The van der Waals surface area contributed by atoms with Crippen molar-refractivity contribution in [1.82, 2.24) is 21.3 Å². The fraction of sp³-hybridized carbons (Fsp3) is 0.387. The van der Waals surface area contributed by atoms with Gasteiger partial charge in [0.1, 0.15) is 35.7 Å². The third kappa shape index (κ3) is 13.5. The Morgan fingerprint density at radius 2 is 1.12 bits per heavy atom. The molecule has 0 aromatic heterocycles. The van der Waals surface area contributed by atoms with Crippen LogP contribution in [0, 0.1) is 0 Å². The number of carboxylic acid groups (broad SMARTS) is 2. The fourth-order valence-electron chi connectivity index (χ4n) is 4.46. The standard InChI is InChI=1S/C31H40N6O12/c1-15(38)26(37-29(46)22(12-16-2-6-18(39)7-3-16)35-27(44)20(32)14-24(33)41)30(47)34-21(10-11-25(42)43)28(45)36-23(31(48)49)13-17-4-8-19(40)9-5-17/h2-9,15,20-23,26,38-40H,10-14,32H2,1H3,(H2,33,41)(H,34,47)(H,35,44)(H,36,45)(H,37,46)(H,42,43)(H,48,49)/t15-,20+,21+,22+,23+,26+/m1/s1. The van der Waals surface area contributed by atoms with Crippen LogP contribution in [0.2, 0.25) is 0 Å². The van der Waals surface area contributed by atoms with Gasteiger partial charge in [-0.1, -0.05) is 24.3 Å². The van der Waals surface area contributed by atoms with Gasteiger partial charge in [0.25, 0.3) is 0 Å². The SMILES string of the molecule is C[C@@H](O)[C@H](NC(=O)[C@H](Cc1ccc(O)cc1)NC(=O)[C@@H](N)CC(N)=O)C(=O)N[C@@H](CCC(=O)O)C(=O)N[C@@H](Cc1ccc(O)cc1)C(=O)O. The van der Waals surface area contributed by atoms with E-state index in [-0.39, 0.29) is 24.3 Å². The van der Waals surface area contributed by atoms with E-state index >= 15 is 0 Å². The van der Waals surface area contributed by atoms with Crippen molar-refractivity contribution in [1.29, 1.82) is 0 Å². The highest BCUT2D eigenvalue weighted by Gasteiger charge is 2.34. The van der Waals surface area contributed by atoms with Crippen LogP contribution in [0.5, 0.6) is 11.5 Å². The smallest absolute Gasteiger partial charge is 0.326 e. The monoisotopic (exact) mass is 688 g/mol. The maximum Gasteiger partial charge on any atom is 0.326 e. The molecule has 0 saturated carbocycles. The number of aliphatic hydroxyl groups is 1. The highest BCUT2D eigenvalue weighted by Crippen LogP contribution is 2.14. The lowest BCUT2D eigenvalue weighted by Gasteiger charge is -2.27. The summed E-state index contributed by atoms with van der Waals surface area (Å²) in [6.07, 6.45) is -3.74. The van der Waals surface area contributed by atoms with Gasteiger partial charge >= 0.3 is 11.9 Å². The van der Waals surface area contributed by atoms with Crippen molar-refractivity contribution in [3.63, 3.8) is 0 Å². The molecule has 0 aliphatic rings. The molecule has 5 amide bonds. The van der Waals surface area contributed by atoms with Crippen molar-refractivity contribution < 1.29 is 59.1 Å². The van der Waals surface area contributed by atoms with Crippen LogP contribution in [0.4, 0.5) is 0 Å². The highest BCUT2D eigenvalue weighted by molar-refractivity contribution is 5.96. The molecule has 0 aliphatic carbocycles. The summed E-state index contributed by atoms with van der Waals surface area (Å²) >= 11 is 0. The summed E-state index contributed by atoms with van der Waals surface area (Å²) in [5, 5.41) is 57.5. The second kappa shape index (κ2) is 18.6. The molecule has 0 aliphatic heterocycles. The second-order valence-electron chi connectivity index (χ2n) is 11.2. The number of hydrogen-bond donors (Lipinski definition) is 11. The van der Waals surface area contributed by atoms with Crippen molar-refractivity contribution >= 4 is 41.5 Å². The van der Waals surface area contributed by atoms with Gasteiger partial charge in [-0.05, 0) is 48.7 Å². The number of rotatable bonds is 19. The van der Waals surface area contributed by atoms with E-state index in [4.69, 9.17) is 11.5 Å². The molecule has 6 atom stereocenters. The lowest BCUT2D eigenvalue weighted by atomic mass is 10.0. The predicted molar refractivity (Wildman–Crippen MR) is 169 cm³/mol. The van der Waals surface area contributed by atoms with Crippen molar-refractivity contribution in [2.45, 2.75) is 75.3 Å². The van der Waals surface area contributed by atoms with E-state index in [1.165, 1.54) is 48.5 Å². The van der Waals surface area contributed by atoms with E-state index in [0.717, 1.165) is 6.92 Å². The number of primary amides is 1. The minimum atomic E-state index is -1.78. The number of amides is 5. The molecule has 18 heteroatoms. The highest BCUT2D eigenvalue weighted by atomic mass is 16.4. The third-order valence-corrected chi connectivity index (χ3v) is 7.10. The van der Waals surface area contributed by atoms with E-state index in [9.17, 15) is 59.1 Å². The number of carbonyl (C=O) groups is 7. The number of aromatic hydroxyl groups is 2. The fourth-order valence-corrected chi connectivity index (χ4v) is 4.46. The average Bonchev–Trinajstić information content (AvgIpc) is 3.02. The van der Waals surface area contributed by atoms with Crippen LogP contribution in [-0.4, -0.2) is 103 Å². The first kappa shape index (κ1) is 39.4. The normalized spacial score (nSPS) is 14.5. The number of nitrogens with one attached hydrogen (secondary N) is 4. The van der Waals surface area contributed by atoms with Crippen molar-refractivity contribution in [3.05, 3.63) is 59.7 Å². The zero-order valence-electron chi connectivity index (χ0n) is 26.4. The number of carboxylic acids is 2. The number of aliphatic carboxylic acids is 2. The van der Waals surface area contributed by atoms with Gasteiger partial charge in [0.15, 0.2) is 0 Å². The number of nitrogens with two attached hydrogens (primary N) is 2. The third-order valence-electron chi connectivity index (χ3n) is 7.10. The molecular weight excluding hydrogens is 648 g/mol. The Balaban J connectivity index is 2.28. The average molecular weight is 689 g/mol. The van der Waals surface area contributed by atoms with Crippen LogP contribution in [0.1, 0.15) is 37.3 Å². The molecule has 13 N–H and O–H groups in total. The number of benzene rings is 2.